The van der Waals surface area contributed by atoms with Crippen LogP contribution in [-0.2, 0) is 14.8 Å². The van der Waals surface area contributed by atoms with E-state index < -0.39 is 15.9 Å². The zero-order valence-electron chi connectivity index (χ0n) is 18.4. The molecule has 3 aromatic rings. The minimum absolute atomic E-state index is 0.180. The van der Waals surface area contributed by atoms with Crippen LogP contribution in [0.25, 0.3) is 0 Å². The minimum Gasteiger partial charge on any atom is -0.326 e. The van der Waals surface area contributed by atoms with E-state index in [0.29, 0.717) is 22.6 Å². The lowest BCUT2D eigenvalue weighted by molar-refractivity contribution is -0.114. The highest BCUT2D eigenvalue weighted by Crippen LogP contribution is 2.22. The molecule has 0 aromatic heterocycles. The maximum atomic E-state index is 12.8. The Labute approximate surface area is 193 Å². The molecule has 0 heterocycles. The van der Waals surface area contributed by atoms with Crippen molar-refractivity contribution in [2.75, 3.05) is 16.7 Å². The van der Waals surface area contributed by atoms with Crippen molar-refractivity contribution >= 4 is 38.9 Å². The summed E-state index contributed by atoms with van der Waals surface area (Å²) in [5, 5.41) is 6.82. The van der Waals surface area contributed by atoms with E-state index in [1.54, 1.807) is 55.5 Å². The monoisotopic (exact) mass is 464 g/mol. The van der Waals surface area contributed by atoms with Gasteiger partial charge in [-0.3, -0.25) is 13.9 Å². The summed E-state index contributed by atoms with van der Waals surface area (Å²) in [5.74, 6) is -0.617. The van der Waals surface area contributed by atoms with Crippen molar-refractivity contribution in [3.63, 3.8) is 0 Å². The zero-order chi connectivity index (χ0) is 24.0. The van der Waals surface area contributed by atoms with Gasteiger partial charge in [0.2, 0.25) is 5.91 Å². The predicted molar refractivity (Wildman–Crippen MR) is 129 cm³/mol. The number of hydrogen-bond donors (Lipinski definition) is 2. The molecule has 3 aromatic carbocycles. The molecular weight excluding hydrogens is 440 g/mol. The van der Waals surface area contributed by atoms with Gasteiger partial charge in [-0.25, -0.2) is 13.8 Å². The van der Waals surface area contributed by atoms with Crippen molar-refractivity contribution in [1.29, 1.82) is 0 Å². The summed E-state index contributed by atoms with van der Waals surface area (Å²) in [6.45, 7) is 3.16. The second-order valence-corrected chi connectivity index (χ2v) is 9.20. The van der Waals surface area contributed by atoms with Crippen LogP contribution in [0.5, 0.6) is 0 Å². The molecule has 0 fully saturated rings. The third kappa shape index (κ3) is 5.83. The van der Waals surface area contributed by atoms with Gasteiger partial charge in [0.25, 0.3) is 15.9 Å². The molecule has 0 aliphatic carbocycles. The molecule has 170 valence electrons. The lowest BCUT2D eigenvalue weighted by Crippen LogP contribution is -2.26. The van der Waals surface area contributed by atoms with Crippen LogP contribution in [0.2, 0.25) is 0 Å². The number of sulfonamides is 1. The lowest BCUT2D eigenvalue weighted by Gasteiger charge is -2.19. The number of anilines is 2. The molecule has 33 heavy (non-hydrogen) atoms. The largest absolute Gasteiger partial charge is 0.326 e. The Bertz CT molecular complexity index is 1290. The quantitative estimate of drug-likeness (QED) is 0.411. The number of benzene rings is 3. The summed E-state index contributed by atoms with van der Waals surface area (Å²) in [7, 11) is -2.25. The van der Waals surface area contributed by atoms with E-state index in [4.69, 9.17) is 0 Å². The number of carbonyl (C=O) groups is 2. The van der Waals surface area contributed by atoms with E-state index in [1.807, 2.05) is 6.07 Å². The molecule has 0 unspecified atom stereocenters. The number of rotatable bonds is 7. The molecule has 0 aliphatic heterocycles. The highest BCUT2D eigenvalue weighted by Gasteiger charge is 2.21. The first kappa shape index (κ1) is 23.7. The third-order valence-electron chi connectivity index (χ3n) is 4.82. The Hall–Kier alpha value is -3.98. The molecule has 2 amide bonds. The molecule has 3 rings (SSSR count). The number of amides is 2. The van der Waals surface area contributed by atoms with Gasteiger partial charge in [-0.2, -0.15) is 5.10 Å². The average molecular weight is 465 g/mol. The Morgan fingerprint density at radius 1 is 0.848 bits per heavy atom. The van der Waals surface area contributed by atoms with Crippen LogP contribution in [0.3, 0.4) is 0 Å². The number of nitrogens with one attached hydrogen (secondary N) is 2. The molecule has 2 N–H and O–H groups in total. The second-order valence-electron chi connectivity index (χ2n) is 7.23. The van der Waals surface area contributed by atoms with Crippen molar-refractivity contribution in [2.24, 2.45) is 5.10 Å². The molecule has 0 saturated carbocycles. The molecule has 9 heteroatoms. The maximum Gasteiger partial charge on any atom is 0.271 e. The van der Waals surface area contributed by atoms with Crippen molar-refractivity contribution in [3.05, 3.63) is 90.0 Å². The number of hydrazone groups is 1. The van der Waals surface area contributed by atoms with Gasteiger partial charge < -0.3 is 5.32 Å². The molecule has 8 nitrogen and oxygen atoms in total. The van der Waals surface area contributed by atoms with Gasteiger partial charge in [-0.15, -0.1) is 0 Å². The standard InChI is InChI=1S/C24H24N4O4S/c1-17(20-8-7-9-21(16-20)25-18(2)29)26-27-24(30)19-12-14-22(15-13-19)28(3)33(31,32)23-10-5-4-6-11-23/h4-16H,1-3H3,(H,25,29)(H,27,30)/b26-17-. The zero-order valence-corrected chi connectivity index (χ0v) is 19.3. The Kier molecular flexibility index (Phi) is 7.24. The Morgan fingerprint density at radius 3 is 2.15 bits per heavy atom. The van der Waals surface area contributed by atoms with Crippen LogP contribution in [0.1, 0.15) is 29.8 Å². The molecule has 0 radical (unpaired) electrons. The van der Waals surface area contributed by atoms with Crippen molar-refractivity contribution in [1.82, 2.24) is 5.43 Å². The Morgan fingerprint density at radius 2 is 1.52 bits per heavy atom. The van der Waals surface area contributed by atoms with E-state index in [0.717, 1.165) is 9.87 Å². The highest BCUT2D eigenvalue weighted by atomic mass is 32.2. The van der Waals surface area contributed by atoms with Crippen molar-refractivity contribution in [2.45, 2.75) is 18.7 Å². The number of hydrogen-bond acceptors (Lipinski definition) is 5. The second kappa shape index (κ2) is 10.1. The molecule has 0 bridgehead atoms. The third-order valence-corrected chi connectivity index (χ3v) is 6.62. The van der Waals surface area contributed by atoms with E-state index in [1.165, 1.54) is 38.2 Å². The fraction of sp³-hybridized carbons (Fsp3) is 0.125. The normalized spacial score (nSPS) is 11.5. The predicted octanol–water partition coefficient (Wildman–Crippen LogP) is 3.62. The SMILES string of the molecule is CC(=O)Nc1cccc(/C(C)=N\NC(=O)c2ccc(N(C)S(=O)(=O)c3ccccc3)cc2)c1. The summed E-state index contributed by atoms with van der Waals surface area (Å²) < 4.78 is 26.7. The summed E-state index contributed by atoms with van der Waals surface area (Å²) in [6.07, 6.45) is 0. The topological polar surface area (TPSA) is 108 Å². The van der Waals surface area contributed by atoms with Gasteiger partial charge in [0.05, 0.1) is 16.3 Å². The first-order chi connectivity index (χ1) is 15.7. The summed E-state index contributed by atoms with van der Waals surface area (Å²) in [4.78, 5) is 23.9. The van der Waals surface area contributed by atoms with Gasteiger partial charge in [0.1, 0.15) is 0 Å². The summed E-state index contributed by atoms with van der Waals surface area (Å²) in [6, 6.07) is 21.4. The number of nitrogens with zero attached hydrogens (tertiary/aromatic N) is 2. The van der Waals surface area contributed by atoms with Gasteiger partial charge in [-0.1, -0.05) is 30.3 Å². The average Bonchev–Trinajstić information content (AvgIpc) is 2.82. The molecule has 0 atom stereocenters. The van der Waals surface area contributed by atoms with Crippen LogP contribution in [0.4, 0.5) is 11.4 Å². The number of carbonyl (C=O) groups excluding carboxylic acids is 2. The van der Waals surface area contributed by atoms with Crippen LogP contribution in [-0.4, -0.2) is 33.0 Å². The van der Waals surface area contributed by atoms with E-state index in [2.05, 4.69) is 15.8 Å². The first-order valence-electron chi connectivity index (χ1n) is 10.0. The molecule has 0 saturated heterocycles. The fourth-order valence-corrected chi connectivity index (χ4v) is 4.22. The van der Waals surface area contributed by atoms with Crippen LogP contribution >= 0.6 is 0 Å². The maximum absolute atomic E-state index is 12.8. The van der Waals surface area contributed by atoms with Gasteiger partial charge in [-0.05, 0) is 61.0 Å². The van der Waals surface area contributed by atoms with E-state index in [-0.39, 0.29) is 10.8 Å². The van der Waals surface area contributed by atoms with Gasteiger partial charge in [0, 0.05) is 25.2 Å². The van der Waals surface area contributed by atoms with Crippen LogP contribution in [0, 0.1) is 0 Å². The van der Waals surface area contributed by atoms with Crippen molar-refractivity contribution in [3.8, 4) is 0 Å². The van der Waals surface area contributed by atoms with Crippen molar-refractivity contribution < 1.29 is 18.0 Å². The van der Waals surface area contributed by atoms with Gasteiger partial charge in [0.15, 0.2) is 0 Å². The summed E-state index contributed by atoms with van der Waals surface area (Å²) in [5.41, 5.74) is 5.17. The van der Waals surface area contributed by atoms with Gasteiger partial charge >= 0.3 is 0 Å². The Balaban J connectivity index is 1.70. The highest BCUT2D eigenvalue weighted by molar-refractivity contribution is 7.92. The first-order valence-corrected chi connectivity index (χ1v) is 11.5. The van der Waals surface area contributed by atoms with Crippen LogP contribution in [0.15, 0.2) is 88.9 Å². The van der Waals surface area contributed by atoms with E-state index >= 15 is 0 Å². The molecule has 0 aliphatic rings. The van der Waals surface area contributed by atoms with E-state index in [9.17, 15) is 18.0 Å². The minimum atomic E-state index is -3.70. The smallest absolute Gasteiger partial charge is 0.271 e. The van der Waals surface area contributed by atoms with Crippen LogP contribution < -0.4 is 15.0 Å². The summed E-state index contributed by atoms with van der Waals surface area (Å²) >= 11 is 0. The fourth-order valence-electron chi connectivity index (χ4n) is 3.00. The molecular formula is C24H24N4O4S. The lowest BCUT2D eigenvalue weighted by atomic mass is 10.1. The molecule has 0 spiro atoms.